The molecule has 4 N–H and O–H groups in total. The highest BCUT2D eigenvalue weighted by atomic mass is 19.1. The van der Waals surface area contributed by atoms with Gasteiger partial charge in [-0.05, 0) is 56.5 Å². The summed E-state index contributed by atoms with van der Waals surface area (Å²) in [7, 11) is 0. The van der Waals surface area contributed by atoms with Crippen molar-refractivity contribution < 1.29 is 9.50 Å². The van der Waals surface area contributed by atoms with Crippen LogP contribution in [0.1, 0.15) is 41.3 Å². The molecule has 7 nitrogen and oxygen atoms in total. The topological polar surface area (TPSA) is 97.2 Å². The van der Waals surface area contributed by atoms with E-state index < -0.39 is 6.17 Å². The minimum Gasteiger partial charge on any atom is -0.391 e. The van der Waals surface area contributed by atoms with Crippen LogP contribution in [0, 0.1) is 19.3 Å². The maximum atomic E-state index is 14.6. The Morgan fingerprint density at radius 3 is 2.80 bits per heavy atom. The van der Waals surface area contributed by atoms with Crippen molar-refractivity contribution in [2.75, 3.05) is 36.4 Å². The van der Waals surface area contributed by atoms with Crippen molar-refractivity contribution in [2.24, 2.45) is 0 Å². The average Bonchev–Trinajstić information content (AvgIpc) is 3.15. The fourth-order valence-corrected chi connectivity index (χ4v) is 4.41. The van der Waals surface area contributed by atoms with Gasteiger partial charge >= 0.3 is 0 Å². The molecule has 30 heavy (non-hydrogen) atoms. The molecule has 2 unspecified atom stereocenters. The zero-order valence-electron chi connectivity index (χ0n) is 17.5. The van der Waals surface area contributed by atoms with E-state index in [2.05, 4.69) is 20.6 Å². The Kier molecular flexibility index (Phi) is 5.97. The molecule has 2 aromatic rings. The molecule has 2 aliphatic heterocycles. The highest BCUT2D eigenvalue weighted by Crippen LogP contribution is 2.34. The number of aromatic nitrogens is 2. The van der Waals surface area contributed by atoms with Crippen LogP contribution >= 0.6 is 0 Å². The number of nitrogens with zero attached hydrogens (tertiary/aromatic N) is 3. The molecule has 2 aliphatic rings. The first-order valence-electron chi connectivity index (χ1n) is 10.5. The lowest BCUT2D eigenvalue weighted by Gasteiger charge is -2.29. The van der Waals surface area contributed by atoms with Gasteiger partial charge in [0.15, 0.2) is 0 Å². The molecule has 0 radical (unpaired) electrons. The fraction of sp³-hybridized carbons (Fsp3) is 0.500. The second-order valence-corrected chi connectivity index (χ2v) is 8.23. The van der Waals surface area contributed by atoms with Gasteiger partial charge < -0.3 is 26.0 Å². The molecule has 1 aromatic carbocycles. The van der Waals surface area contributed by atoms with Gasteiger partial charge in [0.25, 0.3) is 0 Å². The molecule has 0 saturated carbocycles. The number of aliphatic hydroxyl groups excluding tert-OH is 1. The van der Waals surface area contributed by atoms with Gasteiger partial charge in [0.05, 0.1) is 6.10 Å². The molecule has 8 heteroatoms. The summed E-state index contributed by atoms with van der Waals surface area (Å²) in [5.74, 6) is 1.87. The minimum atomic E-state index is -0.925. The summed E-state index contributed by atoms with van der Waals surface area (Å²) in [4.78, 5) is 11.1. The van der Waals surface area contributed by atoms with Crippen molar-refractivity contribution in [2.45, 2.75) is 44.9 Å². The number of halogens is 1. The second kappa shape index (κ2) is 8.65. The van der Waals surface area contributed by atoms with Crippen LogP contribution in [-0.2, 0) is 0 Å². The van der Waals surface area contributed by atoms with Gasteiger partial charge in [-0.2, -0.15) is 0 Å². The van der Waals surface area contributed by atoms with Gasteiger partial charge in [-0.25, -0.2) is 14.4 Å². The summed E-state index contributed by atoms with van der Waals surface area (Å²) in [6.45, 7) is 6.30. The lowest BCUT2D eigenvalue weighted by molar-refractivity contribution is 0.198. The lowest BCUT2D eigenvalue weighted by atomic mass is 9.85. The third-order valence-corrected chi connectivity index (χ3v) is 5.98. The quantitative estimate of drug-likeness (QED) is 0.564. The van der Waals surface area contributed by atoms with E-state index in [1.54, 1.807) is 0 Å². The van der Waals surface area contributed by atoms with Crippen molar-refractivity contribution in [3.05, 3.63) is 40.7 Å². The predicted octanol–water partition coefficient (Wildman–Crippen LogP) is 2.82. The van der Waals surface area contributed by atoms with Crippen LogP contribution in [-0.4, -0.2) is 59.7 Å². The number of aryl methyl sites for hydroxylation is 2. The van der Waals surface area contributed by atoms with Gasteiger partial charge in [0.2, 0.25) is 0 Å². The summed E-state index contributed by atoms with van der Waals surface area (Å²) >= 11 is 0. The Morgan fingerprint density at radius 2 is 2.10 bits per heavy atom. The molecule has 3 heterocycles. The van der Waals surface area contributed by atoms with E-state index in [1.165, 1.54) is 6.21 Å². The molecule has 0 spiro atoms. The number of hydrogen-bond donors (Lipinski definition) is 4. The minimum absolute atomic E-state index is 0.152. The van der Waals surface area contributed by atoms with Crippen LogP contribution in [0.4, 0.5) is 21.7 Å². The van der Waals surface area contributed by atoms with Crippen LogP contribution in [0.2, 0.25) is 0 Å². The van der Waals surface area contributed by atoms with Gasteiger partial charge in [-0.15, -0.1) is 0 Å². The normalized spacial score (nSPS) is 24.1. The maximum Gasteiger partial charge on any atom is 0.136 e. The summed E-state index contributed by atoms with van der Waals surface area (Å²) in [6.07, 6.45) is 1.52. The monoisotopic (exact) mass is 412 g/mol. The average molecular weight is 413 g/mol. The van der Waals surface area contributed by atoms with E-state index in [-0.39, 0.29) is 12.0 Å². The van der Waals surface area contributed by atoms with Crippen LogP contribution in [0.25, 0.3) is 0 Å². The molecule has 4 rings (SSSR count). The van der Waals surface area contributed by atoms with Crippen LogP contribution in [0.3, 0.4) is 0 Å². The lowest BCUT2D eigenvalue weighted by Crippen LogP contribution is -2.37. The zero-order valence-corrected chi connectivity index (χ0v) is 17.5. The van der Waals surface area contributed by atoms with Crippen molar-refractivity contribution in [1.29, 1.82) is 5.41 Å². The first-order chi connectivity index (χ1) is 14.4. The SMILES string of the molecule is Cc1nc(Nc2cc(C3CCNCC3F)c(C)cc2C=N)cc(N2CC[C@H](O)C2)n1. The molecule has 2 saturated heterocycles. The van der Waals surface area contributed by atoms with Gasteiger partial charge in [0.1, 0.15) is 23.6 Å². The number of β-amino-alcohol motifs (C(OH)–C–C–N with tert-alkyl or cyclic N) is 1. The Labute approximate surface area is 176 Å². The number of alkyl halides is 1. The molecular formula is C22H29FN6O. The number of benzene rings is 1. The number of piperidine rings is 1. The molecule has 0 aliphatic carbocycles. The largest absolute Gasteiger partial charge is 0.391 e. The third kappa shape index (κ3) is 4.29. The van der Waals surface area contributed by atoms with Crippen molar-refractivity contribution in [3.63, 3.8) is 0 Å². The number of rotatable bonds is 5. The number of anilines is 3. The molecule has 0 amide bonds. The summed E-state index contributed by atoms with van der Waals surface area (Å²) in [5, 5.41) is 24.1. The van der Waals surface area contributed by atoms with Crippen LogP contribution in [0.5, 0.6) is 0 Å². The molecule has 160 valence electrons. The maximum absolute atomic E-state index is 14.6. The Balaban J connectivity index is 1.66. The van der Waals surface area contributed by atoms with Gasteiger partial charge in [-0.1, -0.05) is 0 Å². The summed E-state index contributed by atoms with van der Waals surface area (Å²) < 4.78 is 14.6. The second-order valence-electron chi connectivity index (χ2n) is 8.23. The number of aliphatic hydroxyl groups is 1. The van der Waals surface area contributed by atoms with Crippen molar-refractivity contribution >= 4 is 23.5 Å². The summed E-state index contributed by atoms with van der Waals surface area (Å²) in [5.41, 5.74) is 3.45. The fourth-order valence-electron chi connectivity index (χ4n) is 4.41. The highest BCUT2D eigenvalue weighted by molar-refractivity contribution is 5.88. The van der Waals surface area contributed by atoms with E-state index in [9.17, 15) is 9.50 Å². The zero-order chi connectivity index (χ0) is 21.3. The van der Waals surface area contributed by atoms with E-state index in [0.717, 1.165) is 54.1 Å². The highest BCUT2D eigenvalue weighted by Gasteiger charge is 2.28. The molecule has 1 aromatic heterocycles. The molecule has 2 fully saturated rings. The Morgan fingerprint density at radius 1 is 1.27 bits per heavy atom. The summed E-state index contributed by atoms with van der Waals surface area (Å²) in [6, 6.07) is 5.76. The predicted molar refractivity (Wildman–Crippen MR) is 117 cm³/mol. The smallest absolute Gasteiger partial charge is 0.136 e. The van der Waals surface area contributed by atoms with E-state index in [1.807, 2.05) is 36.9 Å². The first kappa shape index (κ1) is 20.7. The van der Waals surface area contributed by atoms with Crippen molar-refractivity contribution in [3.8, 4) is 0 Å². The van der Waals surface area contributed by atoms with Crippen LogP contribution in [0.15, 0.2) is 18.2 Å². The number of hydrogen-bond acceptors (Lipinski definition) is 7. The molecule has 3 atom stereocenters. The molecule has 0 bridgehead atoms. The van der Waals surface area contributed by atoms with E-state index in [4.69, 9.17) is 5.41 Å². The Bertz CT molecular complexity index is 936. The van der Waals surface area contributed by atoms with Crippen molar-refractivity contribution in [1.82, 2.24) is 15.3 Å². The Hall–Kier alpha value is -2.58. The number of nitrogens with one attached hydrogen (secondary N) is 3. The third-order valence-electron chi connectivity index (χ3n) is 5.98. The van der Waals surface area contributed by atoms with E-state index >= 15 is 0 Å². The van der Waals surface area contributed by atoms with Gasteiger partial charge in [0, 0.05) is 49.1 Å². The van der Waals surface area contributed by atoms with E-state index in [0.29, 0.717) is 24.7 Å². The van der Waals surface area contributed by atoms with Gasteiger partial charge in [-0.3, -0.25) is 0 Å². The molecular weight excluding hydrogens is 383 g/mol. The first-order valence-corrected chi connectivity index (χ1v) is 10.5. The van der Waals surface area contributed by atoms with Crippen LogP contribution < -0.4 is 15.5 Å². The standard InChI is InChI=1S/C22H29FN6O/c1-13-7-15(10-24)20(8-18(13)17-3-5-25-11-19(17)23)28-21-9-22(27-14(2)26-21)29-6-4-16(30)12-29/h7-10,16-17,19,24-25,30H,3-6,11-12H2,1-2H3,(H,26,27,28)/t16-,17?,19?/m0/s1.